The molecule has 7 nitrogen and oxygen atoms in total. The maximum Gasteiger partial charge on any atom is 0.343 e. The summed E-state index contributed by atoms with van der Waals surface area (Å²) in [5.74, 6) is -0.108. The van der Waals surface area contributed by atoms with E-state index in [1.807, 2.05) is 0 Å². The first-order valence-electron chi connectivity index (χ1n) is 6.84. The number of esters is 1. The fourth-order valence-corrected chi connectivity index (χ4v) is 2.10. The lowest BCUT2D eigenvalue weighted by molar-refractivity contribution is 0.0729. The summed E-state index contributed by atoms with van der Waals surface area (Å²) in [7, 11) is 1.43. The van der Waals surface area contributed by atoms with Gasteiger partial charge in [-0.15, -0.1) is 0 Å². The Balaban J connectivity index is 2.18. The maximum atomic E-state index is 12.2. The van der Waals surface area contributed by atoms with Crippen LogP contribution in [0.3, 0.4) is 0 Å². The number of rotatable bonds is 5. The molecule has 0 aromatic heterocycles. The number of hydrogen-bond donors (Lipinski definition) is 2. The van der Waals surface area contributed by atoms with E-state index in [9.17, 15) is 9.59 Å². The van der Waals surface area contributed by atoms with Crippen molar-refractivity contribution in [2.45, 2.75) is 0 Å². The summed E-state index contributed by atoms with van der Waals surface area (Å²) in [6.07, 6.45) is 1.36. The molecule has 2 aromatic carbocycles. The molecule has 0 radical (unpaired) electrons. The Morgan fingerprint density at radius 2 is 1.88 bits per heavy atom. The molecule has 130 valence electrons. The van der Waals surface area contributed by atoms with Gasteiger partial charge in [0, 0.05) is 0 Å². The van der Waals surface area contributed by atoms with Gasteiger partial charge in [-0.2, -0.15) is 5.10 Å². The van der Waals surface area contributed by atoms with Crippen LogP contribution >= 0.6 is 23.2 Å². The second-order valence-corrected chi connectivity index (χ2v) is 5.48. The predicted octanol–water partition coefficient (Wildman–Crippen LogP) is 3.22. The van der Waals surface area contributed by atoms with Crippen LogP contribution in [0.2, 0.25) is 10.0 Å². The molecule has 0 bridgehead atoms. The number of hydrazone groups is 1. The third-order valence-electron chi connectivity index (χ3n) is 2.93. The number of benzene rings is 2. The summed E-state index contributed by atoms with van der Waals surface area (Å²) < 4.78 is 10.5. The van der Waals surface area contributed by atoms with Crippen LogP contribution in [-0.4, -0.2) is 25.3 Å². The molecule has 9 heteroatoms. The average Bonchev–Trinajstić information content (AvgIpc) is 2.58. The largest absolute Gasteiger partial charge is 0.493 e. The minimum atomic E-state index is -0.782. The monoisotopic (exact) mass is 381 g/mol. The second-order valence-electron chi connectivity index (χ2n) is 4.66. The molecule has 2 aromatic rings. The molecular formula is C16H13Cl2N3O4. The lowest BCUT2D eigenvalue weighted by Crippen LogP contribution is -2.24. The number of amides is 2. The Morgan fingerprint density at radius 3 is 2.52 bits per heavy atom. The highest BCUT2D eigenvalue weighted by molar-refractivity contribution is 6.42. The lowest BCUT2D eigenvalue weighted by atomic mass is 10.2. The molecule has 0 spiro atoms. The van der Waals surface area contributed by atoms with E-state index in [1.54, 1.807) is 12.1 Å². The zero-order valence-corrected chi connectivity index (χ0v) is 14.5. The summed E-state index contributed by atoms with van der Waals surface area (Å²) in [4.78, 5) is 22.8. The quantitative estimate of drug-likeness (QED) is 0.359. The molecule has 0 saturated carbocycles. The van der Waals surface area contributed by atoms with Crippen molar-refractivity contribution in [3.05, 3.63) is 57.6 Å². The number of halogens is 2. The predicted molar refractivity (Wildman–Crippen MR) is 94.7 cm³/mol. The summed E-state index contributed by atoms with van der Waals surface area (Å²) in [6, 6.07) is 8.35. The number of nitrogens with zero attached hydrogens (tertiary/aromatic N) is 1. The Bertz CT molecular complexity index is 840. The molecule has 0 saturated heterocycles. The Kier molecular flexibility index (Phi) is 6.21. The van der Waals surface area contributed by atoms with Crippen molar-refractivity contribution in [1.29, 1.82) is 0 Å². The number of carbonyl (C=O) groups excluding carboxylic acids is 2. The van der Waals surface area contributed by atoms with Gasteiger partial charge in [0.2, 0.25) is 0 Å². The molecule has 0 fully saturated rings. The lowest BCUT2D eigenvalue weighted by Gasteiger charge is -2.10. The van der Waals surface area contributed by atoms with Crippen LogP contribution in [0.4, 0.5) is 4.79 Å². The van der Waals surface area contributed by atoms with E-state index in [4.69, 9.17) is 38.4 Å². The van der Waals surface area contributed by atoms with Crippen molar-refractivity contribution < 1.29 is 19.1 Å². The smallest absolute Gasteiger partial charge is 0.343 e. The van der Waals surface area contributed by atoms with E-state index in [0.29, 0.717) is 16.3 Å². The van der Waals surface area contributed by atoms with Crippen molar-refractivity contribution in [1.82, 2.24) is 5.43 Å². The van der Waals surface area contributed by atoms with Gasteiger partial charge in [-0.05, 0) is 42.0 Å². The summed E-state index contributed by atoms with van der Waals surface area (Å²) in [5, 5.41) is 4.22. The van der Waals surface area contributed by atoms with Crippen LogP contribution in [-0.2, 0) is 0 Å². The molecule has 25 heavy (non-hydrogen) atoms. The first kappa shape index (κ1) is 18.6. The molecular weight excluding hydrogens is 369 g/mol. The topological polar surface area (TPSA) is 103 Å². The molecule has 0 aliphatic carbocycles. The van der Waals surface area contributed by atoms with Gasteiger partial charge in [0.15, 0.2) is 11.5 Å². The van der Waals surface area contributed by atoms with Crippen LogP contribution in [0.15, 0.2) is 41.5 Å². The van der Waals surface area contributed by atoms with Gasteiger partial charge in [-0.1, -0.05) is 23.2 Å². The fourth-order valence-electron chi connectivity index (χ4n) is 1.80. The van der Waals surface area contributed by atoms with Crippen molar-refractivity contribution in [3.63, 3.8) is 0 Å². The number of methoxy groups -OCH3 is 1. The zero-order chi connectivity index (χ0) is 18.4. The normalized spacial score (nSPS) is 10.5. The standard InChI is InChI=1S/C16H13Cl2N3O4/c1-24-14-6-9(8-20-21-16(19)23)2-5-13(14)25-15(22)10-3-4-11(17)12(18)7-10/h2-8H,1H3,(H3,19,21,23)/b20-8+. The third-order valence-corrected chi connectivity index (χ3v) is 3.67. The van der Waals surface area contributed by atoms with E-state index in [0.717, 1.165) is 0 Å². The van der Waals surface area contributed by atoms with Gasteiger partial charge in [0.05, 0.1) is 28.9 Å². The highest BCUT2D eigenvalue weighted by atomic mass is 35.5. The van der Waals surface area contributed by atoms with Crippen molar-refractivity contribution >= 4 is 41.4 Å². The van der Waals surface area contributed by atoms with E-state index in [-0.39, 0.29) is 16.3 Å². The van der Waals surface area contributed by atoms with Crippen LogP contribution < -0.4 is 20.6 Å². The highest BCUT2D eigenvalue weighted by Crippen LogP contribution is 2.29. The molecule has 0 aliphatic heterocycles. The van der Waals surface area contributed by atoms with E-state index >= 15 is 0 Å². The number of primary amides is 1. The van der Waals surface area contributed by atoms with E-state index in [2.05, 4.69) is 10.5 Å². The van der Waals surface area contributed by atoms with Crippen LogP contribution in [0.25, 0.3) is 0 Å². The maximum absolute atomic E-state index is 12.2. The number of nitrogens with two attached hydrogens (primary N) is 1. The van der Waals surface area contributed by atoms with Gasteiger partial charge in [0.1, 0.15) is 0 Å². The highest BCUT2D eigenvalue weighted by Gasteiger charge is 2.14. The Morgan fingerprint density at radius 1 is 1.12 bits per heavy atom. The fraction of sp³-hybridized carbons (Fsp3) is 0.0625. The number of hydrogen-bond acceptors (Lipinski definition) is 5. The molecule has 0 unspecified atom stereocenters. The Hall–Kier alpha value is -2.77. The Labute approximate surface area is 153 Å². The first-order chi connectivity index (χ1) is 11.9. The minimum Gasteiger partial charge on any atom is -0.493 e. The van der Waals surface area contributed by atoms with Crippen LogP contribution in [0, 0.1) is 0 Å². The van der Waals surface area contributed by atoms with Crippen molar-refractivity contribution in [2.24, 2.45) is 10.8 Å². The summed E-state index contributed by atoms with van der Waals surface area (Å²) in [5.41, 5.74) is 7.81. The number of nitrogens with one attached hydrogen (secondary N) is 1. The van der Waals surface area contributed by atoms with Gasteiger partial charge in [-0.25, -0.2) is 15.0 Å². The second kappa shape index (κ2) is 8.36. The van der Waals surface area contributed by atoms with Crippen LogP contribution in [0.1, 0.15) is 15.9 Å². The van der Waals surface area contributed by atoms with Gasteiger partial charge >= 0.3 is 12.0 Å². The SMILES string of the molecule is COc1cc(/C=N/NC(N)=O)ccc1OC(=O)c1ccc(Cl)c(Cl)c1. The van der Waals surface area contributed by atoms with Gasteiger partial charge in [-0.3, -0.25) is 0 Å². The number of urea groups is 1. The first-order valence-corrected chi connectivity index (χ1v) is 7.60. The molecule has 3 N–H and O–H groups in total. The summed E-state index contributed by atoms with van der Waals surface area (Å²) in [6.45, 7) is 0. The van der Waals surface area contributed by atoms with Gasteiger partial charge < -0.3 is 15.2 Å². The van der Waals surface area contributed by atoms with Crippen molar-refractivity contribution in [3.8, 4) is 11.5 Å². The molecule has 2 amide bonds. The molecule has 2 rings (SSSR count). The summed E-state index contributed by atoms with van der Waals surface area (Å²) >= 11 is 11.7. The van der Waals surface area contributed by atoms with Crippen molar-refractivity contribution in [2.75, 3.05) is 7.11 Å². The molecule has 0 heterocycles. The average molecular weight is 382 g/mol. The van der Waals surface area contributed by atoms with E-state index < -0.39 is 12.0 Å². The zero-order valence-electron chi connectivity index (χ0n) is 13.0. The minimum absolute atomic E-state index is 0.207. The van der Waals surface area contributed by atoms with Gasteiger partial charge in [0.25, 0.3) is 0 Å². The number of ether oxygens (including phenoxy) is 2. The van der Waals surface area contributed by atoms with E-state index in [1.165, 1.54) is 37.6 Å². The molecule has 0 aliphatic rings. The number of carbonyl (C=O) groups is 2. The third kappa shape index (κ3) is 5.10. The van der Waals surface area contributed by atoms with Crippen LogP contribution in [0.5, 0.6) is 11.5 Å². The molecule has 0 atom stereocenters.